The third-order valence-electron chi connectivity index (χ3n) is 1.51. The quantitative estimate of drug-likeness (QED) is 0.565. The number of thioether (sulfide) groups is 2. The van der Waals surface area contributed by atoms with Gasteiger partial charge in [-0.05, 0) is 19.1 Å². The van der Waals surface area contributed by atoms with Gasteiger partial charge in [-0.25, -0.2) is 0 Å². The molecule has 0 bridgehead atoms. The standard InChI is InChI=1S/C10H12OS2/c1-8-3-5-10(6-4-8)13-7-12-9(2)11/h3-6H,7H2,1-2H3. The Morgan fingerprint density at radius 1 is 1.31 bits per heavy atom. The van der Waals surface area contributed by atoms with Gasteiger partial charge in [0.05, 0.1) is 5.08 Å². The zero-order chi connectivity index (χ0) is 9.68. The van der Waals surface area contributed by atoms with E-state index < -0.39 is 0 Å². The third-order valence-corrected chi connectivity index (χ3v) is 3.46. The molecule has 0 amide bonds. The molecule has 1 aromatic rings. The average Bonchev–Trinajstić information content (AvgIpc) is 2.08. The van der Waals surface area contributed by atoms with Crippen molar-refractivity contribution in [2.24, 2.45) is 0 Å². The Hall–Kier alpha value is -0.410. The number of hydrogen-bond donors (Lipinski definition) is 0. The van der Waals surface area contributed by atoms with E-state index in [0.717, 1.165) is 5.08 Å². The van der Waals surface area contributed by atoms with Crippen LogP contribution in [0.1, 0.15) is 12.5 Å². The smallest absolute Gasteiger partial charge is 0.186 e. The first kappa shape index (κ1) is 10.7. The molecule has 0 atom stereocenters. The molecule has 0 aliphatic rings. The van der Waals surface area contributed by atoms with Gasteiger partial charge in [0.25, 0.3) is 0 Å². The first-order valence-corrected chi connectivity index (χ1v) is 5.98. The third kappa shape index (κ3) is 4.39. The van der Waals surface area contributed by atoms with Crippen LogP contribution in [-0.2, 0) is 4.79 Å². The van der Waals surface area contributed by atoms with Crippen LogP contribution in [0.2, 0.25) is 0 Å². The van der Waals surface area contributed by atoms with Crippen molar-refractivity contribution in [1.82, 2.24) is 0 Å². The van der Waals surface area contributed by atoms with E-state index in [2.05, 4.69) is 31.2 Å². The van der Waals surface area contributed by atoms with Crippen LogP contribution in [0.15, 0.2) is 29.2 Å². The molecule has 0 spiro atoms. The van der Waals surface area contributed by atoms with Crippen molar-refractivity contribution in [3.8, 4) is 0 Å². The molecule has 0 unspecified atom stereocenters. The zero-order valence-electron chi connectivity index (χ0n) is 7.74. The molecule has 0 fully saturated rings. The average molecular weight is 212 g/mol. The predicted molar refractivity (Wildman–Crippen MR) is 60.2 cm³/mol. The highest BCUT2D eigenvalue weighted by Crippen LogP contribution is 2.22. The lowest BCUT2D eigenvalue weighted by atomic mass is 10.2. The Labute approximate surface area is 87.3 Å². The number of hydrogen-bond acceptors (Lipinski definition) is 3. The van der Waals surface area contributed by atoms with E-state index in [1.165, 1.54) is 22.2 Å². The summed E-state index contributed by atoms with van der Waals surface area (Å²) in [5, 5.41) is 0.984. The van der Waals surface area contributed by atoms with Crippen molar-refractivity contribution in [2.45, 2.75) is 18.7 Å². The first-order chi connectivity index (χ1) is 6.18. The van der Waals surface area contributed by atoms with E-state index in [1.807, 2.05) is 0 Å². The molecule has 0 saturated carbocycles. The van der Waals surface area contributed by atoms with Gasteiger partial charge in [-0.1, -0.05) is 29.5 Å². The van der Waals surface area contributed by atoms with Gasteiger partial charge in [0, 0.05) is 11.8 Å². The van der Waals surface area contributed by atoms with Gasteiger partial charge >= 0.3 is 0 Å². The molecule has 0 aromatic heterocycles. The number of rotatable bonds is 3. The summed E-state index contributed by atoms with van der Waals surface area (Å²) < 4.78 is 0. The Bertz CT molecular complexity index is 279. The maximum absolute atomic E-state index is 10.6. The molecule has 1 aromatic carbocycles. The second-order valence-electron chi connectivity index (χ2n) is 2.71. The number of aryl methyl sites for hydroxylation is 1. The minimum atomic E-state index is 0.180. The van der Waals surface area contributed by atoms with Crippen LogP contribution in [0, 0.1) is 6.92 Å². The molecule has 13 heavy (non-hydrogen) atoms. The monoisotopic (exact) mass is 212 g/mol. The molecular weight excluding hydrogens is 200 g/mol. The molecule has 0 heterocycles. The van der Waals surface area contributed by atoms with Gasteiger partial charge in [0.2, 0.25) is 0 Å². The van der Waals surface area contributed by atoms with Crippen LogP contribution in [0.3, 0.4) is 0 Å². The van der Waals surface area contributed by atoms with Gasteiger partial charge < -0.3 is 0 Å². The molecule has 1 nitrogen and oxygen atoms in total. The maximum Gasteiger partial charge on any atom is 0.186 e. The van der Waals surface area contributed by atoms with Gasteiger partial charge in [-0.3, -0.25) is 4.79 Å². The largest absolute Gasteiger partial charge is 0.288 e. The van der Waals surface area contributed by atoms with Crippen molar-refractivity contribution in [3.63, 3.8) is 0 Å². The Kier molecular flexibility index (Phi) is 4.39. The van der Waals surface area contributed by atoms with Crippen LogP contribution in [0.25, 0.3) is 0 Å². The number of carbonyl (C=O) groups is 1. The fourth-order valence-corrected chi connectivity index (χ4v) is 2.59. The summed E-state index contributed by atoms with van der Waals surface area (Å²) in [6.07, 6.45) is 0. The molecular formula is C10H12OS2. The van der Waals surface area contributed by atoms with Gasteiger partial charge in [0.15, 0.2) is 5.12 Å². The summed E-state index contributed by atoms with van der Waals surface area (Å²) >= 11 is 3.05. The maximum atomic E-state index is 10.6. The molecule has 0 aliphatic carbocycles. The molecule has 70 valence electrons. The Balaban J connectivity index is 2.37. The molecule has 0 saturated heterocycles. The van der Waals surface area contributed by atoms with Crippen LogP contribution >= 0.6 is 23.5 Å². The van der Waals surface area contributed by atoms with E-state index in [0.29, 0.717) is 0 Å². The Morgan fingerprint density at radius 3 is 2.46 bits per heavy atom. The minimum absolute atomic E-state index is 0.180. The number of benzene rings is 1. The van der Waals surface area contributed by atoms with Crippen LogP contribution in [0.4, 0.5) is 0 Å². The zero-order valence-corrected chi connectivity index (χ0v) is 9.37. The second-order valence-corrected chi connectivity index (χ2v) is 5.28. The van der Waals surface area contributed by atoms with Crippen LogP contribution < -0.4 is 0 Å². The summed E-state index contributed by atoms with van der Waals surface area (Å²) in [5.41, 5.74) is 1.27. The topological polar surface area (TPSA) is 17.1 Å². The normalized spacial score (nSPS) is 10.0. The van der Waals surface area contributed by atoms with E-state index in [9.17, 15) is 4.79 Å². The minimum Gasteiger partial charge on any atom is -0.288 e. The van der Waals surface area contributed by atoms with Crippen molar-refractivity contribution in [3.05, 3.63) is 29.8 Å². The van der Waals surface area contributed by atoms with Crippen molar-refractivity contribution in [1.29, 1.82) is 0 Å². The highest BCUT2D eigenvalue weighted by Gasteiger charge is 1.96. The van der Waals surface area contributed by atoms with E-state index in [4.69, 9.17) is 0 Å². The fourth-order valence-electron chi connectivity index (χ4n) is 0.815. The molecule has 0 aliphatic heterocycles. The molecule has 0 radical (unpaired) electrons. The van der Waals surface area contributed by atoms with Gasteiger partial charge in [-0.2, -0.15) is 0 Å². The van der Waals surface area contributed by atoms with E-state index in [-0.39, 0.29) is 5.12 Å². The summed E-state index contributed by atoms with van der Waals surface area (Å²) in [4.78, 5) is 11.9. The summed E-state index contributed by atoms with van der Waals surface area (Å²) in [7, 11) is 0. The fraction of sp³-hybridized carbons (Fsp3) is 0.300. The lowest BCUT2D eigenvalue weighted by Gasteiger charge is -1.99. The molecule has 1 rings (SSSR count). The summed E-state index contributed by atoms with van der Waals surface area (Å²) in [6.45, 7) is 3.67. The Morgan fingerprint density at radius 2 is 1.92 bits per heavy atom. The predicted octanol–water partition coefficient (Wildman–Crippen LogP) is 3.32. The van der Waals surface area contributed by atoms with Gasteiger partial charge in [-0.15, -0.1) is 11.8 Å². The highest BCUT2D eigenvalue weighted by atomic mass is 32.2. The van der Waals surface area contributed by atoms with E-state index >= 15 is 0 Å². The van der Waals surface area contributed by atoms with Crippen LogP contribution in [-0.4, -0.2) is 10.2 Å². The SMILES string of the molecule is CC(=O)SCSc1ccc(C)cc1. The van der Waals surface area contributed by atoms with E-state index in [1.54, 1.807) is 18.7 Å². The van der Waals surface area contributed by atoms with Crippen LogP contribution in [0.5, 0.6) is 0 Å². The second kappa shape index (κ2) is 5.35. The van der Waals surface area contributed by atoms with Gasteiger partial charge in [0.1, 0.15) is 0 Å². The number of carbonyl (C=O) groups excluding carboxylic acids is 1. The van der Waals surface area contributed by atoms with Crippen molar-refractivity contribution >= 4 is 28.6 Å². The van der Waals surface area contributed by atoms with Crippen molar-refractivity contribution < 1.29 is 4.79 Å². The molecule has 3 heteroatoms. The summed E-state index contributed by atoms with van der Waals surface area (Å²) in [6, 6.07) is 8.34. The lowest BCUT2D eigenvalue weighted by molar-refractivity contribution is -0.109. The first-order valence-electron chi connectivity index (χ1n) is 4.01. The van der Waals surface area contributed by atoms with Crippen molar-refractivity contribution in [2.75, 3.05) is 5.08 Å². The lowest BCUT2D eigenvalue weighted by Crippen LogP contribution is -1.81. The highest BCUT2D eigenvalue weighted by molar-refractivity contribution is 8.23. The molecule has 0 N–H and O–H groups in total. The summed E-state index contributed by atoms with van der Waals surface area (Å²) in [5.74, 6) is 0.